The van der Waals surface area contributed by atoms with Crippen LogP contribution in [0.1, 0.15) is 17.2 Å². The zero-order valence-corrected chi connectivity index (χ0v) is 14.5. The molecule has 0 aliphatic rings. The van der Waals surface area contributed by atoms with Crippen LogP contribution in [-0.2, 0) is 13.0 Å². The van der Waals surface area contributed by atoms with Gasteiger partial charge in [0, 0.05) is 18.7 Å². The zero-order chi connectivity index (χ0) is 15.3. The molecule has 4 aromatic rings. The summed E-state index contributed by atoms with van der Waals surface area (Å²) in [6.45, 7) is 4.81. The quantitative estimate of drug-likeness (QED) is 0.550. The van der Waals surface area contributed by atoms with Crippen molar-refractivity contribution in [2.45, 2.75) is 26.8 Å². The molecular formula is C14H13BrN6S. The molecule has 4 rings (SSSR count). The molecule has 112 valence electrons. The maximum Gasteiger partial charge on any atom is 0.167 e. The first-order valence-electron chi connectivity index (χ1n) is 6.90. The Labute approximate surface area is 138 Å². The standard InChI is InChI=1S/C14H13BrN6S/c1-8-12(15)9(2)20(18-8)5-3-11-17-13-10-4-6-22-14(10)16-7-21(13)19-11/h4,6-7H,3,5H2,1-2H3. The van der Waals surface area contributed by atoms with Gasteiger partial charge in [0.05, 0.1) is 15.6 Å². The fraction of sp³-hybridized carbons (Fsp3) is 0.286. The minimum atomic E-state index is 0.738. The molecule has 0 aromatic carbocycles. The first kappa shape index (κ1) is 13.8. The molecule has 0 fully saturated rings. The largest absolute Gasteiger partial charge is 0.268 e. The van der Waals surface area contributed by atoms with Crippen molar-refractivity contribution in [2.24, 2.45) is 0 Å². The van der Waals surface area contributed by atoms with Gasteiger partial charge in [0.1, 0.15) is 11.2 Å². The number of rotatable bonds is 3. The van der Waals surface area contributed by atoms with Gasteiger partial charge in [-0.2, -0.15) is 5.10 Å². The van der Waals surface area contributed by atoms with Gasteiger partial charge in [-0.1, -0.05) is 0 Å². The van der Waals surface area contributed by atoms with E-state index in [9.17, 15) is 0 Å². The van der Waals surface area contributed by atoms with Crippen LogP contribution in [0.25, 0.3) is 15.9 Å². The molecule has 0 unspecified atom stereocenters. The number of hydrogen-bond donors (Lipinski definition) is 0. The molecule has 4 aromatic heterocycles. The lowest BCUT2D eigenvalue weighted by molar-refractivity contribution is 0.581. The molecule has 0 radical (unpaired) electrons. The highest BCUT2D eigenvalue weighted by Gasteiger charge is 2.12. The molecule has 0 saturated carbocycles. The maximum absolute atomic E-state index is 4.65. The van der Waals surface area contributed by atoms with E-state index in [2.05, 4.69) is 43.0 Å². The summed E-state index contributed by atoms with van der Waals surface area (Å²) >= 11 is 5.17. The molecule has 0 aliphatic heterocycles. The number of aromatic nitrogens is 6. The Morgan fingerprint density at radius 1 is 1.27 bits per heavy atom. The van der Waals surface area contributed by atoms with E-state index in [4.69, 9.17) is 0 Å². The van der Waals surface area contributed by atoms with Crippen LogP contribution >= 0.6 is 27.3 Å². The average molecular weight is 377 g/mol. The zero-order valence-electron chi connectivity index (χ0n) is 12.1. The predicted octanol–water partition coefficient (Wildman–Crippen LogP) is 3.16. The van der Waals surface area contributed by atoms with E-state index in [1.54, 1.807) is 22.2 Å². The number of nitrogens with zero attached hydrogens (tertiary/aromatic N) is 6. The Bertz CT molecular complexity index is 982. The van der Waals surface area contributed by atoms with Crippen molar-refractivity contribution in [1.29, 1.82) is 0 Å². The molecule has 0 amide bonds. The molecule has 0 atom stereocenters. The summed E-state index contributed by atoms with van der Waals surface area (Å²) in [7, 11) is 0. The Morgan fingerprint density at radius 2 is 2.14 bits per heavy atom. The van der Waals surface area contributed by atoms with E-state index in [1.165, 1.54) is 0 Å². The summed E-state index contributed by atoms with van der Waals surface area (Å²) in [5.74, 6) is 0.809. The highest BCUT2D eigenvalue weighted by molar-refractivity contribution is 9.10. The maximum atomic E-state index is 4.65. The molecule has 0 N–H and O–H groups in total. The molecular weight excluding hydrogens is 364 g/mol. The lowest BCUT2D eigenvalue weighted by Gasteiger charge is -2.01. The minimum absolute atomic E-state index is 0.738. The fourth-order valence-electron chi connectivity index (χ4n) is 2.51. The Balaban J connectivity index is 1.65. The van der Waals surface area contributed by atoms with Gasteiger partial charge in [0.15, 0.2) is 11.5 Å². The van der Waals surface area contributed by atoms with Crippen molar-refractivity contribution in [3.8, 4) is 0 Å². The Kier molecular flexibility index (Phi) is 3.23. The molecule has 0 spiro atoms. The van der Waals surface area contributed by atoms with E-state index in [0.29, 0.717) is 0 Å². The van der Waals surface area contributed by atoms with Crippen molar-refractivity contribution in [2.75, 3.05) is 0 Å². The van der Waals surface area contributed by atoms with Gasteiger partial charge < -0.3 is 0 Å². The van der Waals surface area contributed by atoms with E-state index >= 15 is 0 Å². The summed E-state index contributed by atoms with van der Waals surface area (Å²) in [6, 6.07) is 2.04. The molecule has 8 heteroatoms. The van der Waals surface area contributed by atoms with Crippen molar-refractivity contribution in [1.82, 2.24) is 29.4 Å². The van der Waals surface area contributed by atoms with Crippen molar-refractivity contribution < 1.29 is 0 Å². The summed E-state index contributed by atoms with van der Waals surface area (Å²) in [5, 5.41) is 12.1. The number of thiophene rings is 1. The number of hydrogen-bond acceptors (Lipinski definition) is 5. The molecule has 0 saturated heterocycles. The lowest BCUT2D eigenvalue weighted by Crippen LogP contribution is -2.06. The van der Waals surface area contributed by atoms with Crippen LogP contribution in [0.2, 0.25) is 0 Å². The Hall–Kier alpha value is -1.80. The molecule has 22 heavy (non-hydrogen) atoms. The van der Waals surface area contributed by atoms with E-state index in [0.717, 1.165) is 50.5 Å². The van der Waals surface area contributed by atoms with Gasteiger partial charge in [-0.15, -0.1) is 16.4 Å². The van der Waals surface area contributed by atoms with Crippen LogP contribution < -0.4 is 0 Å². The van der Waals surface area contributed by atoms with Gasteiger partial charge in [0.25, 0.3) is 0 Å². The molecule has 0 bridgehead atoms. The minimum Gasteiger partial charge on any atom is -0.268 e. The van der Waals surface area contributed by atoms with E-state index < -0.39 is 0 Å². The molecule has 0 aliphatic carbocycles. The van der Waals surface area contributed by atoms with Gasteiger partial charge in [-0.25, -0.2) is 14.5 Å². The van der Waals surface area contributed by atoms with E-state index in [1.807, 2.05) is 23.1 Å². The van der Waals surface area contributed by atoms with Crippen molar-refractivity contribution in [3.63, 3.8) is 0 Å². The topological polar surface area (TPSA) is 60.9 Å². The summed E-state index contributed by atoms with van der Waals surface area (Å²) < 4.78 is 4.81. The normalized spacial score (nSPS) is 11.8. The number of halogens is 1. The third-order valence-electron chi connectivity index (χ3n) is 3.69. The van der Waals surface area contributed by atoms with Gasteiger partial charge >= 0.3 is 0 Å². The first-order chi connectivity index (χ1) is 10.6. The number of fused-ring (bicyclic) bond motifs is 3. The number of aryl methyl sites for hydroxylation is 3. The summed E-state index contributed by atoms with van der Waals surface area (Å²) in [6.07, 6.45) is 2.46. The molecule has 6 nitrogen and oxygen atoms in total. The third kappa shape index (κ3) is 2.14. The van der Waals surface area contributed by atoms with Crippen LogP contribution in [-0.4, -0.2) is 29.4 Å². The van der Waals surface area contributed by atoms with Crippen LogP contribution in [0.3, 0.4) is 0 Å². The highest BCUT2D eigenvalue weighted by Crippen LogP contribution is 2.22. The lowest BCUT2D eigenvalue weighted by atomic mass is 10.3. The Morgan fingerprint density at radius 3 is 2.91 bits per heavy atom. The summed E-state index contributed by atoms with van der Waals surface area (Å²) in [5.41, 5.74) is 3.00. The SMILES string of the molecule is Cc1nn(CCc2nc3c4ccsc4ncn3n2)c(C)c1Br. The highest BCUT2D eigenvalue weighted by atomic mass is 79.9. The summed E-state index contributed by atoms with van der Waals surface area (Å²) in [4.78, 5) is 10.0. The predicted molar refractivity (Wildman–Crippen MR) is 89.3 cm³/mol. The van der Waals surface area contributed by atoms with Gasteiger partial charge in [-0.05, 0) is 41.2 Å². The molecule has 4 heterocycles. The fourth-order valence-corrected chi connectivity index (χ4v) is 3.53. The second-order valence-electron chi connectivity index (χ2n) is 5.14. The van der Waals surface area contributed by atoms with Gasteiger partial charge in [0.2, 0.25) is 0 Å². The monoisotopic (exact) mass is 376 g/mol. The third-order valence-corrected chi connectivity index (χ3v) is 5.65. The van der Waals surface area contributed by atoms with Crippen LogP contribution in [0.4, 0.5) is 0 Å². The van der Waals surface area contributed by atoms with Crippen LogP contribution in [0, 0.1) is 13.8 Å². The smallest absolute Gasteiger partial charge is 0.167 e. The van der Waals surface area contributed by atoms with Crippen molar-refractivity contribution in [3.05, 3.63) is 39.5 Å². The second-order valence-corrected chi connectivity index (χ2v) is 6.83. The second kappa shape index (κ2) is 5.13. The van der Waals surface area contributed by atoms with Crippen molar-refractivity contribution >= 4 is 43.1 Å². The van der Waals surface area contributed by atoms with Crippen LogP contribution in [0.15, 0.2) is 22.2 Å². The van der Waals surface area contributed by atoms with Gasteiger partial charge in [-0.3, -0.25) is 4.68 Å². The first-order valence-corrected chi connectivity index (χ1v) is 8.57. The van der Waals surface area contributed by atoms with Crippen LogP contribution in [0.5, 0.6) is 0 Å². The van der Waals surface area contributed by atoms with E-state index in [-0.39, 0.29) is 0 Å². The average Bonchev–Trinajstić information content (AvgIpc) is 3.18.